The molecule has 0 unspecified atom stereocenters. The summed E-state index contributed by atoms with van der Waals surface area (Å²) in [5.74, 6) is -0.966. The molecule has 1 amide bonds. The number of ketones is 1. The van der Waals surface area contributed by atoms with Gasteiger partial charge in [-0.2, -0.15) is 0 Å². The lowest BCUT2D eigenvalue weighted by atomic mass is 9.50. The Balaban J connectivity index is 1.70. The summed E-state index contributed by atoms with van der Waals surface area (Å²) in [6, 6.07) is 1.40. The Bertz CT molecular complexity index is 615. The van der Waals surface area contributed by atoms with Gasteiger partial charge in [-0.05, 0) is 38.2 Å². The molecule has 4 rings (SSSR count). The number of carbonyl (C=O) groups is 3. The van der Waals surface area contributed by atoms with Gasteiger partial charge in [0.25, 0.3) is 11.7 Å². The fraction of sp³-hybridized carbons (Fsp3) is 0.533. The molecule has 3 saturated carbocycles. The van der Waals surface area contributed by atoms with Crippen LogP contribution in [0.25, 0.3) is 0 Å². The summed E-state index contributed by atoms with van der Waals surface area (Å²) in [6.45, 7) is 1.97. The van der Waals surface area contributed by atoms with Gasteiger partial charge in [0.15, 0.2) is 0 Å². The van der Waals surface area contributed by atoms with Crippen LogP contribution in [-0.4, -0.2) is 34.4 Å². The van der Waals surface area contributed by atoms with Gasteiger partial charge < -0.3 is 14.6 Å². The number of aromatic nitrogens is 1. The van der Waals surface area contributed by atoms with E-state index in [1.165, 1.54) is 16.8 Å². The Hall–Kier alpha value is -2.11. The maximum Gasteiger partial charge on any atom is 0.354 e. The quantitative estimate of drug-likeness (QED) is 0.499. The number of esters is 1. The van der Waals surface area contributed by atoms with E-state index in [-0.39, 0.29) is 23.4 Å². The lowest BCUT2D eigenvalue weighted by Gasteiger charge is -2.61. The van der Waals surface area contributed by atoms with Crippen molar-refractivity contribution in [1.82, 2.24) is 9.88 Å². The smallest absolute Gasteiger partial charge is 0.354 e. The first kappa shape index (κ1) is 13.9. The SMILES string of the molecule is CCOC(=O)c1cc(C(=O)C(=O)NC23CC(C2)C3)cn1C. The number of rotatable bonds is 5. The third-order valence-electron chi connectivity index (χ3n) is 4.37. The number of aryl methyl sites for hydroxylation is 1. The molecule has 1 heterocycles. The van der Waals surface area contributed by atoms with Crippen molar-refractivity contribution < 1.29 is 19.1 Å². The molecule has 0 atom stereocenters. The predicted octanol–water partition coefficient (Wildman–Crippen LogP) is 1.05. The molecule has 2 bridgehead atoms. The molecule has 0 aromatic carbocycles. The van der Waals surface area contributed by atoms with Crippen molar-refractivity contribution in [3.8, 4) is 0 Å². The Kier molecular flexibility index (Phi) is 3.11. The van der Waals surface area contributed by atoms with Gasteiger partial charge in [-0.15, -0.1) is 0 Å². The van der Waals surface area contributed by atoms with E-state index in [4.69, 9.17) is 4.74 Å². The summed E-state index contributed by atoms with van der Waals surface area (Å²) in [4.78, 5) is 35.9. The van der Waals surface area contributed by atoms with Crippen molar-refractivity contribution in [1.29, 1.82) is 0 Å². The predicted molar refractivity (Wildman–Crippen MR) is 73.9 cm³/mol. The van der Waals surface area contributed by atoms with Crippen LogP contribution in [-0.2, 0) is 16.6 Å². The zero-order valence-corrected chi connectivity index (χ0v) is 12.1. The van der Waals surface area contributed by atoms with E-state index in [9.17, 15) is 14.4 Å². The van der Waals surface area contributed by atoms with E-state index in [0.29, 0.717) is 0 Å². The zero-order chi connectivity index (χ0) is 15.2. The normalized spacial score (nSPS) is 25.5. The highest BCUT2D eigenvalue weighted by molar-refractivity contribution is 6.43. The average Bonchev–Trinajstić information content (AvgIpc) is 2.73. The fourth-order valence-corrected chi connectivity index (χ4v) is 3.16. The second-order valence-corrected chi connectivity index (χ2v) is 5.99. The molecule has 6 heteroatoms. The van der Waals surface area contributed by atoms with Crippen LogP contribution in [0.5, 0.6) is 0 Å². The first-order chi connectivity index (χ1) is 9.94. The van der Waals surface area contributed by atoms with Gasteiger partial charge in [-0.1, -0.05) is 0 Å². The third-order valence-corrected chi connectivity index (χ3v) is 4.37. The van der Waals surface area contributed by atoms with Crippen molar-refractivity contribution >= 4 is 17.7 Å². The number of ether oxygens (including phenoxy) is 1. The van der Waals surface area contributed by atoms with Crippen molar-refractivity contribution in [2.24, 2.45) is 13.0 Å². The number of hydrogen-bond acceptors (Lipinski definition) is 4. The van der Waals surface area contributed by atoms with Gasteiger partial charge in [0.05, 0.1) is 6.61 Å². The molecule has 0 saturated heterocycles. The van der Waals surface area contributed by atoms with E-state index in [2.05, 4.69) is 5.32 Å². The van der Waals surface area contributed by atoms with E-state index in [1.54, 1.807) is 14.0 Å². The first-order valence-electron chi connectivity index (χ1n) is 7.14. The highest BCUT2D eigenvalue weighted by Gasteiger charge is 2.57. The van der Waals surface area contributed by atoms with Gasteiger partial charge in [0.1, 0.15) is 5.69 Å². The lowest BCUT2D eigenvalue weighted by molar-refractivity contribution is -0.128. The molecule has 1 N–H and O–H groups in total. The Morgan fingerprint density at radius 1 is 1.38 bits per heavy atom. The number of amides is 1. The molecular formula is C15H18N2O4. The summed E-state index contributed by atoms with van der Waals surface area (Å²) in [7, 11) is 1.64. The molecule has 1 aromatic heterocycles. The number of nitrogens with one attached hydrogen (secondary N) is 1. The molecular weight excluding hydrogens is 272 g/mol. The van der Waals surface area contributed by atoms with Crippen molar-refractivity contribution in [3.05, 3.63) is 23.5 Å². The second kappa shape index (κ2) is 4.72. The van der Waals surface area contributed by atoms with E-state index >= 15 is 0 Å². The third kappa shape index (κ3) is 2.24. The monoisotopic (exact) mass is 290 g/mol. The van der Waals surface area contributed by atoms with Crippen LogP contribution >= 0.6 is 0 Å². The maximum atomic E-state index is 12.1. The molecule has 3 fully saturated rings. The minimum atomic E-state index is -0.606. The van der Waals surface area contributed by atoms with E-state index in [0.717, 1.165) is 25.2 Å². The maximum absolute atomic E-state index is 12.1. The minimum absolute atomic E-state index is 0.129. The van der Waals surface area contributed by atoms with Crippen molar-refractivity contribution in [2.45, 2.75) is 31.7 Å². The number of Topliss-reactive ketones (excluding diaryl/α,β-unsaturated/α-hetero) is 1. The molecule has 6 nitrogen and oxygen atoms in total. The van der Waals surface area contributed by atoms with Crippen molar-refractivity contribution in [2.75, 3.05) is 6.61 Å². The molecule has 1 aromatic rings. The van der Waals surface area contributed by atoms with Gasteiger partial charge >= 0.3 is 5.97 Å². The average molecular weight is 290 g/mol. The molecule has 112 valence electrons. The topological polar surface area (TPSA) is 77.4 Å². The first-order valence-corrected chi connectivity index (χ1v) is 7.14. The van der Waals surface area contributed by atoms with Crippen LogP contribution in [0.2, 0.25) is 0 Å². The Morgan fingerprint density at radius 2 is 2.05 bits per heavy atom. The Morgan fingerprint density at radius 3 is 2.57 bits per heavy atom. The highest BCUT2D eigenvalue weighted by atomic mass is 16.5. The number of carbonyl (C=O) groups excluding carboxylic acids is 3. The molecule has 21 heavy (non-hydrogen) atoms. The van der Waals surface area contributed by atoms with Crippen molar-refractivity contribution in [3.63, 3.8) is 0 Å². The van der Waals surface area contributed by atoms with E-state index < -0.39 is 17.7 Å². The van der Waals surface area contributed by atoms with Crippen LogP contribution in [0.3, 0.4) is 0 Å². The Labute approximate surface area is 122 Å². The fourth-order valence-electron chi connectivity index (χ4n) is 3.16. The second-order valence-electron chi connectivity index (χ2n) is 5.99. The van der Waals surface area contributed by atoms with Crippen LogP contribution < -0.4 is 5.32 Å². The van der Waals surface area contributed by atoms with Gasteiger partial charge in [0, 0.05) is 24.3 Å². The zero-order valence-electron chi connectivity index (χ0n) is 12.1. The number of hydrogen-bond donors (Lipinski definition) is 1. The number of nitrogens with zero attached hydrogens (tertiary/aromatic N) is 1. The molecule has 3 aliphatic rings. The van der Waals surface area contributed by atoms with Crippen LogP contribution in [0, 0.1) is 5.92 Å². The standard InChI is InChI=1S/C15H18N2O4/c1-3-21-14(20)11-4-10(8-17(11)2)12(18)13(19)16-15-5-9(6-15)7-15/h4,8-9H,3,5-7H2,1-2H3,(H,16,19). The summed E-state index contributed by atoms with van der Waals surface area (Å²) in [6.07, 6.45) is 4.43. The van der Waals surface area contributed by atoms with Crippen LogP contribution in [0.15, 0.2) is 12.3 Å². The van der Waals surface area contributed by atoms with Gasteiger partial charge in [-0.3, -0.25) is 9.59 Å². The summed E-state index contributed by atoms with van der Waals surface area (Å²) >= 11 is 0. The summed E-state index contributed by atoms with van der Waals surface area (Å²) in [5.41, 5.74) is 0.346. The lowest BCUT2D eigenvalue weighted by Crippen LogP contribution is -2.68. The molecule has 3 aliphatic carbocycles. The molecule has 0 aliphatic heterocycles. The van der Waals surface area contributed by atoms with Crippen LogP contribution in [0.1, 0.15) is 47.0 Å². The van der Waals surface area contributed by atoms with Crippen LogP contribution in [0.4, 0.5) is 0 Å². The summed E-state index contributed by atoms with van der Waals surface area (Å²) in [5, 5.41) is 2.83. The van der Waals surface area contributed by atoms with Gasteiger partial charge in [0.2, 0.25) is 0 Å². The minimum Gasteiger partial charge on any atom is -0.461 e. The summed E-state index contributed by atoms with van der Waals surface area (Å²) < 4.78 is 6.40. The highest BCUT2D eigenvalue weighted by Crippen LogP contribution is 2.56. The molecule has 0 radical (unpaired) electrons. The van der Waals surface area contributed by atoms with E-state index in [1.807, 2.05) is 0 Å². The van der Waals surface area contributed by atoms with Gasteiger partial charge in [-0.25, -0.2) is 4.79 Å². The largest absolute Gasteiger partial charge is 0.461 e. The molecule has 0 spiro atoms.